The monoisotopic (exact) mass is 498 g/mol. The van der Waals surface area contributed by atoms with Crippen LogP contribution < -0.4 is 14.9 Å². The number of hydrogen-bond acceptors (Lipinski definition) is 5. The van der Waals surface area contributed by atoms with Crippen molar-refractivity contribution >= 4 is 39.8 Å². The van der Waals surface area contributed by atoms with Gasteiger partial charge < -0.3 is 9.47 Å². The number of thioether (sulfide) groups is 1. The van der Waals surface area contributed by atoms with Gasteiger partial charge in [0.1, 0.15) is 6.61 Å². The zero-order valence-corrected chi connectivity index (χ0v) is 19.7. The van der Waals surface area contributed by atoms with E-state index in [0.717, 1.165) is 20.5 Å². The van der Waals surface area contributed by atoms with Crippen LogP contribution in [0.1, 0.15) is 18.1 Å². The molecule has 1 amide bonds. The Morgan fingerprint density at radius 1 is 1.10 bits per heavy atom. The minimum Gasteiger partial charge on any atom is -0.493 e. The molecule has 5 nitrogen and oxygen atoms in total. The lowest BCUT2D eigenvalue weighted by molar-refractivity contribution is -0.120. The van der Waals surface area contributed by atoms with E-state index in [9.17, 15) is 4.79 Å². The summed E-state index contributed by atoms with van der Waals surface area (Å²) in [4.78, 5) is 13.3. The van der Waals surface area contributed by atoms with E-state index >= 15 is 0 Å². The average Bonchev–Trinajstić information content (AvgIpc) is 2.79. The molecular formula is C24H23BrN2O3S. The molecule has 0 unspecified atom stereocenters. The first kappa shape index (κ1) is 22.9. The number of halogens is 1. The van der Waals surface area contributed by atoms with Gasteiger partial charge in [-0.3, -0.25) is 4.79 Å². The molecule has 1 N–H and O–H groups in total. The molecule has 3 aromatic carbocycles. The van der Waals surface area contributed by atoms with Gasteiger partial charge in [0.25, 0.3) is 5.91 Å². The molecule has 0 aliphatic rings. The molecule has 3 rings (SSSR count). The van der Waals surface area contributed by atoms with Crippen molar-refractivity contribution in [3.8, 4) is 11.5 Å². The molecule has 0 radical (unpaired) electrons. The van der Waals surface area contributed by atoms with Crippen molar-refractivity contribution in [3.05, 3.63) is 88.4 Å². The highest BCUT2D eigenvalue weighted by Gasteiger charge is 2.13. The van der Waals surface area contributed by atoms with E-state index in [0.29, 0.717) is 18.1 Å². The number of benzene rings is 3. The summed E-state index contributed by atoms with van der Waals surface area (Å²) in [6.07, 6.45) is 1.58. The fourth-order valence-electron chi connectivity index (χ4n) is 2.64. The molecule has 0 saturated carbocycles. The van der Waals surface area contributed by atoms with E-state index in [-0.39, 0.29) is 11.2 Å². The van der Waals surface area contributed by atoms with Crippen LogP contribution in [0.3, 0.4) is 0 Å². The second-order valence-corrected chi connectivity index (χ2v) is 8.96. The second kappa shape index (κ2) is 11.6. The molecule has 31 heavy (non-hydrogen) atoms. The van der Waals surface area contributed by atoms with E-state index in [1.165, 1.54) is 11.8 Å². The first-order valence-corrected chi connectivity index (χ1v) is 11.3. The van der Waals surface area contributed by atoms with Crippen LogP contribution in [0.4, 0.5) is 0 Å². The Morgan fingerprint density at radius 2 is 1.84 bits per heavy atom. The average molecular weight is 499 g/mol. The van der Waals surface area contributed by atoms with Crippen LogP contribution in [-0.2, 0) is 11.4 Å². The predicted octanol–water partition coefficient (Wildman–Crippen LogP) is 5.67. The maximum absolute atomic E-state index is 12.3. The molecule has 0 bridgehead atoms. The lowest BCUT2D eigenvalue weighted by atomic mass is 10.2. The number of rotatable bonds is 9. The highest BCUT2D eigenvalue weighted by atomic mass is 79.9. The second-order valence-electron chi connectivity index (χ2n) is 6.63. The van der Waals surface area contributed by atoms with Crippen molar-refractivity contribution in [1.29, 1.82) is 0 Å². The molecule has 1 atom stereocenters. The number of hydrogen-bond donors (Lipinski definition) is 1. The zero-order chi connectivity index (χ0) is 22.1. The van der Waals surface area contributed by atoms with Crippen molar-refractivity contribution in [2.45, 2.75) is 23.7 Å². The van der Waals surface area contributed by atoms with Crippen molar-refractivity contribution in [3.63, 3.8) is 0 Å². The Morgan fingerprint density at radius 3 is 2.55 bits per heavy atom. The van der Waals surface area contributed by atoms with Gasteiger partial charge in [-0.15, -0.1) is 11.8 Å². The van der Waals surface area contributed by atoms with Crippen molar-refractivity contribution in [2.24, 2.45) is 5.10 Å². The molecule has 7 heteroatoms. The van der Waals surface area contributed by atoms with Gasteiger partial charge in [0, 0.05) is 9.37 Å². The van der Waals surface area contributed by atoms with Gasteiger partial charge in [-0.1, -0.05) is 46.3 Å². The summed E-state index contributed by atoms with van der Waals surface area (Å²) in [6.45, 7) is 2.28. The van der Waals surface area contributed by atoms with Gasteiger partial charge in [-0.2, -0.15) is 5.10 Å². The van der Waals surface area contributed by atoms with Gasteiger partial charge in [-0.25, -0.2) is 5.43 Å². The van der Waals surface area contributed by atoms with E-state index in [1.807, 2.05) is 79.7 Å². The fraction of sp³-hybridized carbons (Fsp3) is 0.167. The summed E-state index contributed by atoms with van der Waals surface area (Å²) in [5.41, 5.74) is 4.43. The molecular weight excluding hydrogens is 476 g/mol. The van der Waals surface area contributed by atoms with Gasteiger partial charge in [0.15, 0.2) is 11.5 Å². The molecule has 0 saturated heterocycles. The third kappa shape index (κ3) is 7.15. The maximum Gasteiger partial charge on any atom is 0.253 e. The fourth-order valence-corrected chi connectivity index (χ4v) is 3.79. The smallest absolute Gasteiger partial charge is 0.253 e. The summed E-state index contributed by atoms with van der Waals surface area (Å²) in [5.74, 6) is 1.08. The topological polar surface area (TPSA) is 59.9 Å². The van der Waals surface area contributed by atoms with Gasteiger partial charge in [-0.05, 0) is 60.5 Å². The van der Waals surface area contributed by atoms with Crippen LogP contribution in [0.25, 0.3) is 0 Å². The van der Waals surface area contributed by atoms with Gasteiger partial charge >= 0.3 is 0 Å². The zero-order valence-electron chi connectivity index (χ0n) is 17.2. The number of carbonyl (C=O) groups is 1. The van der Waals surface area contributed by atoms with Crippen molar-refractivity contribution < 1.29 is 14.3 Å². The van der Waals surface area contributed by atoms with E-state index < -0.39 is 0 Å². The summed E-state index contributed by atoms with van der Waals surface area (Å²) in [6, 6.07) is 23.2. The minimum absolute atomic E-state index is 0.161. The van der Waals surface area contributed by atoms with E-state index in [2.05, 4.69) is 26.5 Å². The molecule has 0 fully saturated rings. The number of hydrazone groups is 1. The highest BCUT2D eigenvalue weighted by molar-refractivity contribution is 9.10. The van der Waals surface area contributed by atoms with Crippen LogP contribution in [0.2, 0.25) is 0 Å². The van der Waals surface area contributed by atoms with Crippen LogP contribution in [0.5, 0.6) is 11.5 Å². The van der Waals surface area contributed by atoms with Gasteiger partial charge in [0.2, 0.25) is 0 Å². The number of nitrogens with zero attached hydrogens (tertiary/aromatic N) is 1. The first-order chi connectivity index (χ1) is 15.0. The lowest BCUT2D eigenvalue weighted by Gasteiger charge is -2.11. The van der Waals surface area contributed by atoms with E-state index in [1.54, 1.807) is 13.3 Å². The Labute approximate surface area is 195 Å². The maximum atomic E-state index is 12.3. The summed E-state index contributed by atoms with van der Waals surface area (Å²) in [5, 5.41) is 3.81. The third-order valence-corrected chi connectivity index (χ3v) is 5.95. The molecule has 3 aromatic rings. The van der Waals surface area contributed by atoms with E-state index in [4.69, 9.17) is 9.47 Å². The number of carbonyl (C=O) groups excluding carboxylic acids is 1. The van der Waals surface area contributed by atoms with Crippen LogP contribution in [0.15, 0.2) is 87.3 Å². The quantitative estimate of drug-likeness (QED) is 0.234. The number of nitrogens with one attached hydrogen (secondary N) is 1. The number of methoxy groups -OCH3 is 1. The molecule has 0 spiro atoms. The lowest BCUT2D eigenvalue weighted by Crippen LogP contribution is -2.26. The largest absolute Gasteiger partial charge is 0.493 e. The Balaban J connectivity index is 1.55. The molecule has 0 heterocycles. The first-order valence-electron chi connectivity index (χ1n) is 9.65. The number of ether oxygens (including phenoxy) is 2. The Hall–Kier alpha value is -2.77. The van der Waals surface area contributed by atoms with Crippen LogP contribution in [0, 0.1) is 0 Å². The molecule has 0 aliphatic carbocycles. The summed E-state index contributed by atoms with van der Waals surface area (Å²) >= 11 is 4.91. The normalized spacial score (nSPS) is 11.8. The molecule has 160 valence electrons. The Bertz CT molecular complexity index is 1030. The predicted molar refractivity (Wildman–Crippen MR) is 129 cm³/mol. The number of amides is 1. The molecule has 0 aromatic heterocycles. The standard InChI is InChI=1S/C24H23BrN2O3S/c1-17(31-21-6-4-3-5-7-21)24(28)27-26-15-19-10-13-22(23(14-19)29-2)30-16-18-8-11-20(25)12-9-18/h3-15,17H,16H2,1-2H3,(H,27,28)/b26-15-/t17-/m1/s1. The Kier molecular flexibility index (Phi) is 8.55. The summed E-state index contributed by atoms with van der Waals surface area (Å²) < 4.78 is 12.3. The van der Waals surface area contributed by atoms with Crippen LogP contribution in [-0.4, -0.2) is 24.5 Å². The van der Waals surface area contributed by atoms with Crippen molar-refractivity contribution in [1.82, 2.24) is 5.43 Å². The SMILES string of the molecule is COc1cc(/C=N\NC(=O)[C@@H](C)Sc2ccccc2)ccc1OCc1ccc(Br)cc1. The van der Waals surface area contributed by atoms with Gasteiger partial charge in [0.05, 0.1) is 18.6 Å². The third-order valence-electron chi connectivity index (χ3n) is 4.31. The van der Waals surface area contributed by atoms with Crippen LogP contribution >= 0.6 is 27.7 Å². The molecule has 0 aliphatic heterocycles. The minimum atomic E-state index is -0.261. The highest BCUT2D eigenvalue weighted by Crippen LogP contribution is 2.28. The summed E-state index contributed by atoms with van der Waals surface area (Å²) in [7, 11) is 1.59. The van der Waals surface area contributed by atoms with Crippen molar-refractivity contribution in [2.75, 3.05) is 7.11 Å².